The van der Waals surface area contributed by atoms with Gasteiger partial charge < -0.3 is 57.6 Å². The number of amides is 3. The van der Waals surface area contributed by atoms with Crippen LogP contribution >= 0.6 is 11.3 Å². The molecule has 6 aliphatic rings. The SMILES string of the molecule is Cc1ncsc1-c1cnc(CNC(=O)[C@@H]2C[C@@H](O)CN2C(=O)[C@@H](NC(=O)C2CCC3(CC2)CC(N2CCC(c4cnc(N5C6CCC5CN(C(/C=C(\N)c5ccccc5O)=C(N)N)C6)nc4)CC2)C3)C(C)(C)C)cn1. The van der Waals surface area contributed by atoms with Crippen molar-refractivity contribution in [2.75, 3.05) is 37.6 Å². The second-order valence-electron chi connectivity index (χ2n) is 23.2. The first-order valence-corrected chi connectivity index (χ1v) is 27.7. The van der Waals surface area contributed by atoms with Crippen LogP contribution < -0.4 is 32.7 Å². The number of carbonyl (C=O) groups is 3. The molecule has 3 aromatic heterocycles. The molecule has 4 aliphatic heterocycles. The Hall–Kier alpha value is -6.38. The van der Waals surface area contributed by atoms with E-state index in [0.29, 0.717) is 53.4 Å². The Morgan fingerprint density at radius 1 is 0.867 bits per heavy atom. The molecule has 10 rings (SSSR count). The van der Waals surface area contributed by atoms with Gasteiger partial charge >= 0.3 is 0 Å². The maximum absolute atomic E-state index is 14.3. The number of nitrogens with zero attached hydrogens (tertiary/aromatic N) is 9. The number of piperidine rings is 1. The molecule has 2 aliphatic carbocycles. The number of aromatic hydroxyl groups is 1. The van der Waals surface area contributed by atoms with Gasteiger partial charge in [0.05, 0.1) is 52.5 Å². The number of aromatic nitrogens is 5. The Kier molecular flexibility index (Phi) is 14.8. The van der Waals surface area contributed by atoms with Crippen molar-refractivity contribution in [3.63, 3.8) is 0 Å². The van der Waals surface area contributed by atoms with Crippen LogP contribution in [-0.2, 0) is 20.9 Å². The van der Waals surface area contributed by atoms with E-state index in [1.54, 1.807) is 42.2 Å². The second kappa shape index (κ2) is 21.3. The predicted molar refractivity (Wildman–Crippen MR) is 287 cm³/mol. The zero-order chi connectivity index (χ0) is 52.8. The molecule has 400 valence electrons. The van der Waals surface area contributed by atoms with E-state index in [1.165, 1.54) is 21.8 Å². The lowest BCUT2D eigenvalue weighted by atomic mass is 9.56. The number of anilines is 1. The summed E-state index contributed by atoms with van der Waals surface area (Å²) < 4.78 is 0. The number of para-hydroxylation sites is 1. The molecule has 3 amide bonds. The molecule has 1 aromatic carbocycles. The number of phenolic OH excluding ortho intramolecular Hbond substituents is 1. The molecule has 2 bridgehead atoms. The number of likely N-dealkylation sites (tertiary alicyclic amines) is 3. The molecule has 7 heterocycles. The van der Waals surface area contributed by atoms with Crippen LogP contribution in [0.2, 0.25) is 0 Å². The van der Waals surface area contributed by atoms with Gasteiger partial charge in [0.2, 0.25) is 23.7 Å². The lowest BCUT2D eigenvalue weighted by molar-refractivity contribution is -0.145. The van der Waals surface area contributed by atoms with Crippen LogP contribution in [0.25, 0.3) is 16.3 Å². The molecule has 20 heteroatoms. The van der Waals surface area contributed by atoms with Crippen molar-refractivity contribution in [1.29, 1.82) is 0 Å². The van der Waals surface area contributed by atoms with Crippen LogP contribution in [0.4, 0.5) is 5.95 Å². The number of aliphatic hydroxyl groups excluding tert-OH is 1. The fourth-order valence-electron chi connectivity index (χ4n) is 12.9. The van der Waals surface area contributed by atoms with Gasteiger partial charge in [-0.05, 0) is 125 Å². The summed E-state index contributed by atoms with van der Waals surface area (Å²) in [4.78, 5) is 74.7. The number of carbonyl (C=O) groups excluding carboxylic acids is 3. The summed E-state index contributed by atoms with van der Waals surface area (Å²) in [5.41, 5.74) is 25.2. The number of nitrogens with one attached hydrogen (secondary N) is 2. The summed E-state index contributed by atoms with van der Waals surface area (Å²) in [5.74, 6) is 0.432. The van der Waals surface area contributed by atoms with Crippen LogP contribution in [0.5, 0.6) is 5.75 Å². The highest BCUT2D eigenvalue weighted by atomic mass is 32.1. The highest BCUT2D eigenvalue weighted by Crippen LogP contribution is 2.55. The lowest BCUT2D eigenvalue weighted by Gasteiger charge is -2.55. The number of rotatable bonds is 13. The van der Waals surface area contributed by atoms with Gasteiger partial charge in [-0.2, -0.15) is 0 Å². The highest BCUT2D eigenvalue weighted by Gasteiger charge is 2.50. The first kappa shape index (κ1) is 52.1. The Morgan fingerprint density at radius 2 is 1.56 bits per heavy atom. The van der Waals surface area contributed by atoms with E-state index in [2.05, 4.69) is 40.3 Å². The fourth-order valence-corrected chi connectivity index (χ4v) is 13.7. The fraction of sp³-hybridized carbons (Fsp3) is 0.564. The molecule has 0 radical (unpaired) electrons. The minimum atomic E-state index is -0.881. The van der Waals surface area contributed by atoms with Crippen LogP contribution in [0, 0.1) is 23.7 Å². The highest BCUT2D eigenvalue weighted by molar-refractivity contribution is 7.13. The summed E-state index contributed by atoms with van der Waals surface area (Å²) in [5, 5.41) is 27.1. The average molecular weight is 1040 g/mol. The zero-order valence-corrected chi connectivity index (χ0v) is 44.5. The third kappa shape index (κ3) is 11.0. The van der Waals surface area contributed by atoms with E-state index < -0.39 is 23.6 Å². The number of thiazole rings is 1. The molecule has 4 aromatic rings. The first-order chi connectivity index (χ1) is 35.9. The third-order valence-corrected chi connectivity index (χ3v) is 18.1. The average Bonchev–Trinajstić information content (AvgIpc) is 4.08. The van der Waals surface area contributed by atoms with Gasteiger partial charge in [0.25, 0.3) is 0 Å². The van der Waals surface area contributed by atoms with Crippen LogP contribution in [0.1, 0.15) is 120 Å². The van der Waals surface area contributed by atoms with Crippen molar-refractivity contribution in [2.45, 2.75) is 147 Å². The number of aliphatic hydroxyl groups is 1. The molecule has 2 saturated carbocycles. The van der Waals surface area contributed by atoms with Crippen molar-refractivity contribution in [2.24, 2.45) is 33.9 Å². The zero-order valence-electron chi connectivity index (χ0n) is 43.7. The van der Waals surface area contributed by atoms with Crippen molar-refractivity contribution in [3.05, 3.63) is 94.7 Å². The van der Waals surface area contributed by atoms with E-state index in [4.69, 9.17) is 27.2 Å². The number of β-amino-alcohol motifs (C(OH)–C–C–N with tert-alkyl or cyclic N) is 1. The molecule has 2 unspecified atom stereocenters. The number of benzene rings is 1. The molecular formula is C55H74N14O5S. The number of hydrogen-bond acceptors (Lipinski definition) is 17. The molecule has 1 spiro atoms. The lowest BCUT2D eigenvalue weighted by Crippen LogP contribution is -2.59. The number of piperazine rings is 1. The van der Waals surface area contributed by atoms with Gasteiger partial charge in [-0.25, -0.2) is 15.0 Å². The third-order valence-electron chi connectivity index (χ3n) is 17.2. The Morgan fingerprint density at radius 3 is 2.17 bits per heavy atom. The molecule has 4 saturated heterocycles. The molecule has 75 heavy (non-hydrogen) atoms. The van der Waals surface area contributed by atoms with Crippen molar-refractivity contribution in [3.8, 4) is 16.3 Å². The topological polar surface area (TPSA) is 271 Å². The smallest absolute Gasteiger partial charge is 0.246 e. The summed E-state index contributed by atoms with van der Waals surface area (Å²) in [7, 11) is 0. The van der Waals surface area contributed by atoms with Crippen molar-refractivity contribution < 1.29 is 24.6 Å². The normalized spacial score (nSPS) is 26.7. The van der Waals surface area contributed by atoms with E-state index in [0.717, 1.165) is 93.8 Å². The van der Waals surface area contributed by atoms with Gasteiger partial charge in [0.15, 0.2) is 0 Å². The maximum atomic E-state index is 14.3. The summed E-state index contributed by atoms with van der Waals surface area (Å²) in [6, 6.07) is 6.17. The summed E-state index contributed by atoms with van der Waals surface area (Å²) in [6.45, 7) is 11.3. The number of nitrogens with two attached hydrogens (primary N) is 3. The summed E-state index contributed by atoms with van der Waals surface area (Å²) in [6.07, 6.45) is 18.4. The maximum Gasteiger partial charge on any atom is 0.246 e. The van der Waals surface area contributed by atoms with Crippen LogP contribution in [-0.4, -0.2) is 137 Å². The van der Waals surface area contributed by atoms with E-state index in [-0.39, 0.29) is 72.2 Å². The minimum Gasteiger partial charge on any atom is -0.507 e. The number of allylic oxidation sites excluding steroid dienone is 1. The molecular weight excluding hydrogens is 969 g/mol. The van der Waals surface area contributed by atoms with Crippen LogP contribution in [0.3, 0.4) is 0 Å². The quantitative estimate of drug-likeness (QED) is 0.0911. The molecule has 5 atom stereocenters. The van der Waals surface area contributed by atoms with Crippen LogP contribution in [0.15, 0.2) is 72.2 Å². The monoisotopic (exact) mass is 1040 g/mol. The number of phenols is 1. The number of fused-ring (bicyclic) bond motifs is 2. The molecule has 10 N–H and O–H groups in total. The Labute approximate surface area is 443 Å². The summed E-state index contributed by atoms with van der Waals surface area (Å²) >= 11 is 1.49. The van der Waals surface area contributed by atoms with E-state index in [1.807, 2.05) is 46.2 Å². The molecule has 6 fully saturated rings. The van der Waals surface area contributed by atoms with E-state index in [9.17, 15) is 24.6 Å². The predicted octanol–water partition coefficient (Wildman–Crippen LogP) is 4.47. The van der Waals surface area contributed by atoms with E-state index >= 15 is 0 Å². The van der Waals surface area contributed by atoms with Gasteiger partial charge in [-0.15, -0.1) is 11.3 Å². The second-order valence-corrected chi connectivity index (χ2v) is 24.1. The Balaban J connectivity index is 0.668. The van der Waals surface area contributed by atoms with Crippen molar-refractivity contribution >= 4 is 40.7 Å². The largest absolute Gasteiger partial charge is 0.507 e. The number of hydrogen-bond donors (Lipinski definition) is 7. The minimum absolute atomic E-state index is 0.0156. The van der Waals surface area contributed by atoms with Crippen molar-refractivity contribution in [1.82, 2.24) is 50.3 Å². The Bertz CT molecular complexity index is 2760. The standard InChI is InChI=1S/C55H74N14O5S/c1-32-47(75-31-64-32)43-27-59-36(25-60-43)26-61-51(73)45-19-40(70)30-68(45)52(74)48(54(2,3)4)65-50(72)34-11-15-55(16-12-34)21-39(22-55)66-17-13-33(14-18-66)35-23-62-53(63-24-35)69-37-9-10-38(69)29-67(28-37)44(49(57)58)20-42(56)41-7-5-6-8-46(41)71/h5-8,20,23-25,27,31,33-34,37-40,45,48,70-71H,9-19,21-22,26,28-30,56-58H2,1-4H3,(H,61,73)(H,65,72)/b42-20-/t34?,37?,38?,39?,40-,45+,48-,55?/m1/s1. The van der Waals surface area contributed by atoms with Gasteiger partial charge in [-0.3, -0.25) is 24.4 Å². The molecule has 19 nitrogen and oxygen atoms in total. The van der Waals surface area contributed by atoms with Gasteiger partial charge in [0, 0.05) is 73.8 Å². The van der Waals surface area contributed by atoms with Gasteiger partial charge in [0.1, 0.15) is 29.3 Å². The number of aryl methyl sites for hydroxylation is 1. The first-order valence-electron chi connectivity index (χ1n) is 26.8. The van der Waals surface area contributed by atoms with Gasteiger partial charge in [-0.1, -0.05) is 32.9 Å².